The van der Waals surface area contributed by atoms with Crippen LogP contribution in [0.15, 0.2) is 27.6 Å². The SMILES string of the molecule is Cc1cc(Br)cc(S(=O)(=O)N(C)CC(C)O)c1. The molecule has 0 bridgehead atoms. The minimum Gasteiger partial charge on any atom is -0.392 e. The Morgan fingerprint density at radius 3 is 2.47 bits per heavy atom. The van der Waals surface area contributed by atoms with E-state index in [4.69, 9.17) is 0 Å². The Morgan fingerprint density at radius 2 is 2.00 bits per heavy atom. The summed E-state index contributed by atoms with van der Waals surface area (Å²) >= 11 is 3.27. The van der Waals surface area contributed by atoms with Gasteiger partial charge in [-0.25, -0.2) is 8.42 Å². The zero-order valence-corrected chi connectivity index (χ0v) is 12.4. The van der Waals surface area contributed by atoms with Crippen LogP contribution in [0.25, 0.3) is 0 Å². The zero-order chi connectivity index (χ0) is 13.2. The molecule has 0 fully saturated rings. The Bertz CT molecular complexity index is 479. The predicted octanol–water partition coefficient (Wildman–Crippen LogP) is 1.76. The van der Waals surface area contributed by atoms with Crippen LogP contribution in [0, 0.1) is 6.92 Å². The van der Waals surface area contributed by atoms with Gasteiger partial charge in [-0.3, -0.25) is 0 Å². The first-order valence-corrected chi connectivity index (χ1v) is 7.38. The summed E-state index contributed by atoms with van der Waals surface area (Å²) in [7, 11) is -2.08. The van der Waals surface area contributed by atoms with E-state index in [1.807, 2.05) is 13.0 Å². The number of halogens is 1. The van der Waals surface area contributed by atoms with Crippen LogP contribution in [0.1, 0.15) is 12.5 Å². The highest BCUT2D eigenvalue weighted by molar-refractivity contribution is 9.10. The van der Waals surface area contributed by atoms with E-state index in [0.29, 0.717) is 0 Å². The number of hydrogen-bond acceptors (Lipinski definition) is 3. The summed E-state index contributed by atoms with van der Waals surface area (Å²) in [5.74, 6) is 0. The number of sulfonamides is 1. The fraction of sp³-hybridized carbons (Fsp3) is 0.455. The van der Waals surface area contributed by atoms with Crippen LogP contribution in [0.5, 0.6) is 0 Å². The highest BCUT2D eigenvalue weighted by Crippen LogP contribution is 2.21. The lowest BCUT2D eigenvalue weighted by molar-refractivity contribution is 0.171. The van der Waals surface area contributed by atoms with Crippen LogP contribution in [-0.4, -0.2) is 37.5 Å². The molecule has 1 aromatic rings. The molecular weight excluding hydrogens is 306 g/mol. The molecule has 1 rings (SSSR count). The van der Waals surface area contributed by atoms with Gasteiger partial charge in [0.1, 0.15) is 0 Å². The fourth-order valence-electron chi connectivity index (χ4n) is 1.50. The standard InChI is InChI=1S/C11H16BrNO3S/c1-8-4-10(12)6-11(5-8)17(15,16)13(3)7-9(2)14/h4-6,9,14H,7H2,1-3H3. The Morgan fingerprint density at radius 1 is 1.41 bits per heavy atom. The van der Waals surface area contributed by atoms with Crippen LogP contribution in [-0.2, 0) is 10.0 Å². The summed E-state index contributed by atoms with van der Waals surface area (Å²) in [6, 6.07) is 5.01. The Balaban J connectivity index is 3.12. The molecule has 1 N–H and O–H groups in total. The Kier molecular flexibility index (Phi) is 4.71. The first-order chi connectivity index (χ1) is 7.73. The molecule has 96 valence electrons. The van der Waals surface area contributed by atoms with Crippen molar-refractivity contribution in [3.05, 3.63) is 28.2 Å². The topological polar surface area (TPSA) is 57.6 Å². The number of likely N-dealkylation sites (N-methyl/N-ethyl adjacent to an activating group) is 1. The Labute approximate surface area is 110 Å². The van der Waals surface area contributed by atoms with E-state index in [0.717, 1.165) is 14.3 Å². The molecule has 0 saturated heterocycles. The van der Waals surface area contributed by atoms with Crippen molar-refractivity contribution in [2.75, 3.05) is 13.6 Å². The molecule has 1 aromatic carbocycles. The van der Waals surface area contributed by atoms with Crippen molar-refractivity contribution in [2.24, 2.45) is 0 Å². The van der Waals surface area contributed by atoms with E-state index in [-0.39, 0.29) is 11.4 Å². The lowest BCUT2D eigenvalue weighted by Crippen LogP contribution is -2.33. The zero-order valence-electron chi connectivity index (χ0n) is 10.0. The molecule has 0 aliphatic heterocycles. The van der Waals surface area contributed by atoms with Crippen molar-refractivity contribution in [3.63, 3.8) is 0 Å². The van der Waals surface area contributed by atoms with Gasteiger partial charge in [-0.2, -0.15) is 4.31 Å². The summed E-state index contributed by atoms with van der Waals surface area (Å²) in [5.41, 5.74) is 0.864. The van der Waals surface area contributed by atoms with Crippen LogP contribution >= 0.6 is 15.9 Å². The van der Waals surface area contributed by atoms with Gasteiger partial charge in [0.05, 0.1) is 11.0 Å². The van der Waals surface area contributed by atoms with Gasteiger partial charge in [0.2, 0.25) is 10.0 Å². The summed E-state index contributed by atoms with van der Waals surface area (Å²) in [4.78, 5) is 0.229. The highest BCUT2D eigenvalue weighted by Gasteiger charge is 2.22. The average Bonchev–Trinajstić information content (AvgIpc) is 2.14. The third-order valence-electron chi connectivity index (χ3n) is 2.25. The van der Waals surface area contributed by atoms with E-state index < -0.39 is 16.1 Å². The molecule has 0 aliphatic rings. The van der Waals surface area contributed by atoms with Gasteiger partial charge in [0, 0.05) is 18.1 Å². The second-order valence-electron chi connectivity index (χ2n) is 4.10. The van der Waals surface area contributed by atoms with Gasteiger partial charge in [-0.05, 0) is 37.6 Å². The summed E-state index contributed by atoms with van der Waals surface area (Å²) in [6.45, 7) is 3.46. The second-order valence-corrected chi connectivity index (χ2v) is 7.06. The van der Waals surface area contributed by atoms with Crippen LogP contribution in [0.3, 0.4) is 0 Å². The maximum Gasteiger partial charge on any atom is 0.242 e. The molecule has 0 saturated carbocycles. The second kappa shape index (κ2) is 5.48. The summed E-state index contributed by atoms with van der Waals surface area (Å²) in [6.07, 6.45) is -0.692. The van der Waals surface area contributed by atoms with Crippen molar-refractivity contribution in [1.82, 2.24) is 4.31 Å². The van der Waals surface area contributed by atoms with Gasteiger partial charge >= 0.3 is 0 Å². The first kappa shape index (κ1) is 14.6. The number of aliphatic hydroxyl groups is 1. The maximum atomic E-state index is 12.2. The van der Waals surface area contributed by atoms with Gasteiger partial charge in [0.25, 0.3) is 0 Å². The van der Waals surface area contributed by atoms with Gasteiger partial charge in [0.15, 0.2) is 0 Å². The minimum atomic E-state index is -3.54. The molecule has 0 spiro atoms. The van der Waals surface area contributed by atoms with Crippen LogP contribution in [0.4, 0.5) is 0 Å². The monoisotopic (exact) mass is 321 g/mol. The normalized spacial score (nSPS) is 14.0. The molecule has 0 radical (unpaired) electrons. The number of benzene rings is 1. The van der Waals surface area contributed by atoms with E-state index in [1.54, 1.807) is 19.1 Å². The third-order valence-corrected chi connectivity index (χ3v) is 4.50. The van der Waals surface area contributed by atoms with Crippen molar-refractivity contribution < 1.29 is 13.5 Å². The summed E-state index contributed by atoms with van der Waals surface area (Å²) < 4.78 is 26.2. The average molecular weight is 322 g/mol. The molecule has 6 heteroatoms. The maximum absolute atomic E-state index is 12.2. The van der Waals surface area contributed by atoms with E-state index in [9.17, 15) is 13.5 Å². The molecule has 1 unspecified atom stereocenters. The van der Waals surface area contributed by atoms with Crippen molar-refractivity contribution in [1.29, 1.82) is 0 Å². The van der Waals surface area contributed by atoms with Crippen molar-refractivity contribution in [3.8, 4) is 0 Å². The highest BCUT2D eigenvalue weighted by atomic mass is 79.9. The number of aliphatic hydroxyl groups excluding tert-OH is 1. The number of rotatable bonds is 4. The Hall–Kier alpha value is -0.430. The van der Waals surface area contributed by atoms with Crippen molar-refractivity contribution >= 4 is 26.0 Å². The quantitative estimate of drug-likeness (QED) is 0.919. The first-order valence-electron chi connectivity index (χ1n) is 5.15. The number of hydrogen-bond donors (Lipinski definition) is 1. The molecule has 17 heavy (non-hydrogen) atoms. The third kappa shape index (κ3) is 3.77. The molecule has 0 heterocycles. The number of nitrogens with zero attached hydrogens (tertiary/aromatic N) is 1. The fourth-order valence-corrected chi connectivity index (χ4v) is 3.64. The lowest BCUT2D eigenvalue weighted by Gasteiger charge is -2.19. The molecule has 0 aromatic heterocycles. The summed E-state index contributed by atoms with van der Waals surface area (Å²) in [5, 5.41) is 9.23. The lowest BCUT2D eigenvalue weighted by atomic mass is 10.2. The largest absolute Gasteiger partial charge is 0.392 e. The van der Waals surface area contributed by atoms with E-state index in [1.165, 1.54) is 7.05 Å². The molecule has 0 amide bonds. The predicted molar refractivity (Wildman–Crippen MR) is 70.4 cm³/mol. The number of aryl methyl sites for hydroxylation is 1. The van der Waals surface area contributed by atoms with E-state index in [2.05, 4.69) is 15.9 Å². The van der Waals surface area contributed by atoms with Gasteiger partial charge < -0.3 is 5.11 Å². The molecule has 0 aliphatic carbocycles. The van der Waals surface area contributed by atoms with Crippen molar-refractivity contribution in [2.45, 2.75) is 24.8 Å². The van der Waals surface area contributed by atoms with E-state index >= 15 is 0 Å². The van der Waals surface area contributed by atoms with Crippen LogP contribution in [0.2, 0.25) is 0 Å². The molecule has 4 nitrogen and oxygen atoms in total. The molecule has 1 atom stereocenters. The molecular formula is C11H16BrNO3S. The van der Waals surface area contributed by atoms with Crippen LogP contribution < -0.4 is 0 Å². The smallest absolute Gasteiger partial charge is 0.242 e. The minimum absolute atomic E-state index is 0.0773. The van der Waals surface area contributed by atoms with Gasteiger partial charge in [-0.1, -0.05) is 15.9 Å². The van der Waals surface area contributed by atoms with Gasteiger partial charge in [-0.15, -0.1) is 0 Å².